The minimum Gasteiger partial charge on any atom is -0.479 e. The molecule has 1 aromatic rings. The van der Waals surface area contributed by atoms with Gasteiger partial charge in [-0.1, -0.05) is 30.3 Å². The normalized spacial score (nSPS) is 25.6. The molecule has 1 N–H and O–H groups in total. The molecule has 2 aliphatic carbocycles. The summed E-state index contributed by atoms with van der Waals surface area (Å²) in [5.74, 6) is -0.970. The number of carboxylic acid groups (broad SMARTS) is 1. The quantitative estimate of drug-likeness (QED) is 0.830. The number of hydrogen-bond acceptors (Lipinski definition) is 4. The molecule has 0 spiro atoms. The van der Waals surface area contributed by atoms with Crippen LogP contribution in [-0.2, 0) is 20.9 Å². The highest BCUT2D eigenvalue weighted by Crippen LogP contribution is 2.46. The predicted octanol–water partition coefficient (Wildman–Crippen LogP) is 2.81. The summed E-state index contributed by atoms with van der Waals surface area (Å²) in [6, 6.07) is 9.35. The van der Waals surface area contributed by atoms with Crippen molar-refractivity contribution in [2.45, 2.75) is 56.9 Å². The molecule has 6 nitrogen and oxygen atoms in total. The molecule has 24 heavy (non-hydrogen) atoms. The molecule has 0 saturated heterocycles. The fraction of sp³-hybridized carbons (Fsp3) is 0.556. The summed E-state index contributed by atoms with van der Waals surface area (Å²) in [6.45, 7) is 2.57. The smallest absolute Gasteiger partial charge is 0.411 e. The van der Waals surface area contributed by atoms with Gasteiger partial charge in [0.05, 0.1) is 6.10 Å². The number of rotatable bonds is 7. The van der Waals surface area contributed by atoms with E-state index in [0.717, 1.165) is 18.4 Å². The molecule has 6 heteroatoms. The van der Waals surface area contributed by atoms with Gasteiger partial charge in [0.25, 0.3) is 0 Å². The summed E-state index contributed by atoms with van der Waals surface area (Å²) in [4.78, 5) is 26.0. The maximum absolute atomic E-state index is 12.6. The van der Waals surface area contributed by atoms with Crippen LogP contribution < -0.4 is 0 Å². The van der Waals surface area contributed by atoms with Crippen LogP contribution in [0.2, 0.25) is 0 Å². The summed E-state index contributed by atoms with van der Waals surface area (Å²) in [7, 11) is 0. The lowest BCUT2D eigenvalue weighted by molar-refractivity contribution is -0.171. The van der Waals surface area contributed by atoms with Crippen LogP contribution in [0.4, 0.5) is 4.79 Å². The second-order valence-corrected chi connectivity index (χ2v) is 6.46. The monoisotopic (exact) mass is 333 g/mol. The molecule has 2 saturated carbocycles. The van der Waals surface area contributed by atoms with E-state index in [1.807, 2.05) is 37.3 Å². The third-order valence-corrected chi connectivity index (χ3v) is 4.71. The molecule has 2 fully saturated rings. The SMILES string of the molecule is CCOC1CC(C(=O)O)(N(C(=O)OCc2ccccc2)C2CC2)C1. The number of benzene rings is 1. The zero-order chi connectivity index (χ0) is 17.2. The zero-order valence-corrected chi connectivity index (χ0v) is 13.8. The standard InChI is InChI=1S/C18H23NO5/c1-2-23-15-10-18(11-15,16(20)21)19(14-8-9-14)17(22)24-12-13-6-4-3-5-7-13/h3-7,14-15H,2,8-12H2,1H3,(H,20,21). The Hall–Kier alpha value is -2.08. The molecule has 0 atom stereocenters. The van der Waals surface area contributed by atoms with E-state index in [9.17, 15) is 14.7 Å². The topological polar surface area (TPSA) is 76.1 Å². The second kappa shape index (κ2) is 6.81. The van der Waals surface area contributed by atoms with Crippen molar-refractivity contribution in [3.05, 3.63) is 35.9 Å². The molecule has 0 bridgehead atoms. The van der Waals surface area contributed by atoms with Crippen LogP contribution in [0, 0.1) is 0 Å². The molecule has 0 aromatic heterocycles. The Morgan fingerprint density at radius 3 is 2.46 bits per heavy atom. The lowest BCUT2D eigenvalue weighted by atomic mass is 9.72. The lowest BCUT2D eigenvalue weighted by Gasteiger charge is -2.50. The number of carbonyl (C=O) groups excluding carboxylic acids is 1. The molecule has 0 heterocycles. The van der Waals surface area contributed by atoms with Gasteiger partial charge in [0.1, 0.15) is 12.1 Å². The van der Waals surface area contributed by atoms with E-state index < -0.39 is 17.6 Å². The zero-order valence-electron chi connectivity index (χ0n) is 13.8. The van der Waals surface area contributed by atoms with Crippen LogP contribution in [0.15, 0.2) is 30.3 Å². The fourth-order valence-corrected chi connectivity index (χ4v) is 3.32. The van der Waals surface area contributed by atoms with Crippen molar-refractivity contribution in [1.82, 2.24) is 4.90 Å². The van der Waals surface area contributed by atoms with Crippen LogP contribution in [-0.4, -0.2) is 46.4 Å². The number of amides is 1. The molecule has 1 amide bonds. The molecule has 0 aliphatic heterocycles. The van der Waals surface area contributed by atoms with Crippen LogP contribution in [0.25, 0.3) is 0 Å². The Morgan fingerprint density at radius 2 is 1.92 bits per heavy atom. The van der Waals surface area contributed by atoms with E-state index in [0.29, 0.717) is 19.4 Å². The largest absolute Gasteiger partial charge is 0.479 e. The number of nitrogens with zero attached hydrogens (tertiary/aromatic N) is 1. The minimum absolute atomic E-state index is 0.0352. The van der Waals surface area contributed by atoms with Gasteiger partial charge in [0, 0.05) is 25.5 Å². The van der Waals surface area contributed by atoms with Gasteiger partial charge in [-0.3, -0.25) is 4.90 Å². The Bertz CT molecular complexity index is 593. The molecule has 130 valence electrons. The van der Waals surface area contributed by atoms with E-state index in [2.05, 4.69) is 0 Å². The first-order valence-corrected chi connectivity index (χ1v) is 8.42. The Balaban J connectivity index is 1.69. The Morgan fingerprint density at radius 1 is 1.25 bits per heavy atom. The van der Waals surface area contributed by atoms with Gasteiger partial charge in [-0.15, -0.1) is 0 Å². The Kier molecular flexibility index (Phi) is 4.76. The molecule has 2 aliphatic rings. The number of hydrogen-bond donors (Lipinski definition) is 1. The van der Waals surface area contributed by atoms with Crippen molar-refractivity contribution in [1.29, 1.82) is 0 Å². The van der Waals surface area contributed by atoms with Crippen molar-refractivity contribution >= 4 is 12.1 Å². The highest BCUT2D eigenvalue weighted by atomic mass is 16.6. The van der Waals surface area contributed by atoms with Gasteiger partial charge in [-0.25, -0.2) is 9.59 Å². The lowest BCUT2D eigenvalue weighted by Crippen LogP contribution is -2.67. The van der Waals surface area contributed by atoms with Crippen LogP contribution in [0.3, 0.4) is 0 Å². The third-order valence-electron chi connectivity index (χ3n) is 4.71. The van der Waals surface area contributed by atoms with Gasteiger partial charge in [-0.2, -0.15) is 0 Å². The average Bonchev–Trinajstić information content (AvgIpc) is 3.36. The molecule has 0 radical (unpaired) electrons. The van der Waals surface area contributed by atoms with Gasteiger partial charge in [0.15, 0.2) is 0 Å². The van der Waals surface area contributed by atoms with Crippen molar-refractivity contribution < 1.29 is 24.2 Å². The van der Waals surface area contributed by atoms with E-state index in [-0.39, 0.29) is 18.8 Å². The first kappa shape index (κ1) is 16.8. The average molecular weight is 333 g/mol. The van der Waals surface area contributed by atoms with Crippen molar-refractivity contribution in [2.75, 3.05) is 6.61 Å². The van der Waals surface area contributed by atoms with Gasteiger partial charge in [-0.05, 0) is 25.3 Å². The maximum atomic E-state index is 12.6. The third kappa shape index (κ3) is 3.24. The minimum atomic E-state index is -1.19. The van der Waals surface area contributed by atoms with Crippen molar-refractivity contribution in [3.63, 3.8) is 0 Å². The molecular formula is C18H23NO5. The van der Waals surface area contributed by atoms with Crippen molar-refractivity contribution in [2.24, 2.45) is 0 Å². The number of carbonyl (C=O) groups is 2. The van der Waals surface area contributed by atoms with Crippen LogP contribution in [0.1, 0.15) is 38.2 Å². The summed E-state index contributed by atoms with van der Waals surface area (Å²) in [6.07, 6.45) is 1.66. The van der Waals surface area contributed by atoms with Crippen LogP contribution in [0.5, 0.6) is 0 Å². The van der Waals surface area contributed by atoms with Gasteiger partial charge < -0.3 is 14.6 Å². The molecule has 0 unspecified atom stereocenters. The van der Waals surface area contributed by atoms with Crippen molar-refractivity contribution in [3.8, 4) is 0 Å². The fourth-order valence-electron chi connectivity index (χ4n) is 3.32. The first-order chi connectivity index (χ1) is 11.6. The number of aliphatic carboxylic acids is 1. The highest BCUT2D eigenvalue weighted by molar-refractivity contribution is 5.86. The van der Waals surface area contributed by atoms with E-state index in [1.54, 1.807) is 0 Å². The molecule has 1 aromatic carbocycles. The van der Waals surface area contributed by atoms with Gasteiger partial charge in [0.2, 0.25) is 0 Å². The molecular weight excluding hydrogens is 310 g/mol. The summed E-state index contributed by atoms with van der Waals surface area (Å²) >= 11 is 0. The second-order valence-electron chi connectivity index (χ2n) is 6.46. The molecule has 3 rings (SSSR count). The van der Waals surface area contributed by atoms with Gasteiger partial charge >= 0.3 is 12.1 Å². The predicted molar refractivity (Wildman–Crippen MR) is 86.5 cm³/mol. The van der Waals surface area contributed by atoms with E-state index in [1.165, 1.54) is 4.90 Å². The Labute approximate surface area is 141 Å². The number of ether oxygens (including phenoxy) is 2. The number of carboxylic acids is 1. The summed E-state index contributed by atoms with van der Waals surface area (Å²) in [5.41, 5.74) is -0.304. The summed E-state index contributed by atoms with van der Waals surface area (Å²) < 4.78 is 10.9. The maximum Gasteiger partial charge on any atom is 0.411 e. The van der Waals surface area contributed by atoms with E-state index >= 15 is 0 Å². The summed E-state index contributed by atoms with van der Waals surface area (Å²) in [5, 5.41) is 9.75. The van der Waals surface area contributed by atoms with E-state index in [4.69, 9.17) is 9.47 Å². The first-order valence-electron chi connectivity index (χ1n) is 8.42. The highest BCUT2D eigenvalue weighted by Gasteiger charge is 2.60. The van der Waals surface area contributed by atoms with Crippen LogP contribution >= 0.6 is 0 Å².